The molecule has 1 saturated carbocycles. The highest BCUT2D eigenvalue weighted by atomic mass is 16.5. The minimum atomic E-state index is -0.242. The van der Waals surface area contributed by atoms with Gasteiger partial charge in [0.05, 0.1) is 19.3 Å². The SMILES string of the molecule is COC(=O)N1Cc2cc(C#Cc3ccccc3)cnc2[C@H]2CCCC[C@H]21. The van der Waals surface area contributed by atoms with Crippen molar-refractivity contribution in [2.24, 2.45) is 0 Å². The highest BCUT2D eigenvalue weighted by Crippen LogP contribution is 2.41. The van der Waals surface area contributed by atoms with E-state index >= 15 is 0 Å². The first-order chi connectivity index (χ1) is 12.8. The Labute approximate surface area is 154 Å². The molecule has 1 fully saturated rings. The number of carbonyl (C=O) groups is 1. The fourth-order valence-electron chi connectivity index (χ4n) is 4.14. The summed E-state index contributed by atoms with van der Waals surface area (Å²) in [4.78, 5) is 18.9. The molecule has 1 aliphatic carbocycles. The fourth-order valence-corrected chi connectivity index (χ4v) is 4.14. The minimum Gasteiger partial charge on any atom is -0.453 e. The maximum Gasteiger partial charge on any atom is 0.410 e. The summed E-state index contributed by atoms with van der Waals surface area (Å²) in [5.74, 6) is 6.68. The van der Waals surface area contributed by atoms with Crippen LogP contribution in [-0.2, 0) is 11.3 Å². The van der Waals surface area contributed by atoms with Gasteiger partial charge >= 0.3 is 6.09 Å². The summed E-state index contributed by atoms with van der Waals surface area (Å²) in [7, 11) is 1.45. The zero-order valence-electron chi connectivity index (χ0n) is 14.9. The van der Waals surface area contributed by atoms with Gasteiger partial charge in [-0.3, -0.25) is 4.98 Å². The number of nitrogens with zero attached hydrogens (tertiary/aromatic N) is 2. The number of ether oxygens (including phenoxy) is 1. The van der Waals surface area contributed by atoms with Gasteiger partial charge in [0.1, 0.15) is 0 Å². The predicted octanol–water partition coefficient (Wildman–Crippen LogP) is 4.09. The highest BCUT2D eigenvalue weighted by Gasteiger charge is 2.40. The van der Waals surface area contributed by atoms with Gasteiger partial charge in [-0.2, -0.15) is 0 Å². The fraction of sp³-hybridized carbons (Fsp3) is 0.364. The second kappa shape index (κ2) is 7.21. The molecule has 0 N–H and O–H groups in total. The van der Waals surface area contributed by atoms with Gasteiger partial charge in [0.15, 0.2) is 0 Å². The third-order valence-corrected chi connectivity index (χ3v) is 5.36. The van der Waals surface area contributed by atoms with Gasteiger partial charge in [0.2, 0.25) is 0 Å². The average Bonchev–Trinajstić information content (AvgIpc) is 2.71. The Morgan fingerprint density at radius 1 is 1.15 bits per heavy atom. The van der Waals surface area contributed by atoms with Crippen LogP contribution in [0.2, 0.25) is 0 Å². The van der Waals surface area contributed by atoms with Crippen molar-refractivity contribution in [3.63, 3.8) is 0 Å². The maximum absolute atomic E-state index is 12.3. The van der Waals surface area contributed by atoms with Crippen LogP contribution in [0.5, 0.6) is 0 Å². The van der Waals surface area contributed by atoms with Crippen LogP contribution in [-0.4, -0.2) is 29.1 Å². The van der Waals surface area contributed by atoms with Crippen molar-refractivity contribution in [1.29, 1.82) is 0 Å². The maximum atomic E-state index is 12.3. The number of rotatable bonds is 0. The largest absolute Gasteiger partial charge is 0.453 e. The van der Waals surface area contributed by atoms with E-state index in [0.29, 0.717) is 12.5 Å². The number of benzene rings is 1. The van der Waals surface area contributed by atoms with E-state index < -0.39 is 0 Å². The summed E-state index contributed by atoms with van der Waals surface area (Å²) in [6, 6.07) is 12.2. The molecule has 0 bridgehead atoms. The summed E-state index contributed by atoms with van der Waals surface area (Å²) in [5.41, 5.74) is 4.10. The van der Waals surface area contributed by atoms with E-state index in [1.165, 1.54) is 13.5 Å². The zero-order chi connectivity index (χ0) is 17.9. The lowest BCUT2D eigenvalue weighted by Gasteiger charge is -2.43. The molecule has 26 heavy (non-hydrogen) atoms. The number of pyridine rings is 1. The molecule has 1 aromatic heterocycles. The monoisotopic (exact) mass is 346 g/mol. The van der Waals surface area contributed by atoms with E-state index in [1.807, 2.05) is 41.4 Å². The molecule has 2 atom stereocenters. The van der Waals surface area contributed by atoms with E-state index in [-0.39, 0.29) is 12.1 Å². The van der Waals surface area contributed by atoms with Gasteiger partial charge in [-0.25, -0.2) is 4.79 Å². The molecule has 2 aliphatic rings. The summed E-state index contributed by atoms with van der Waals surface area (Å²) in [6.45, 7) is 0.553. The van der Waals surface area contributed by atoms with Crippen LogP contribution >= 0.6 is 0 Å². The summed E-state index contributed by atoms with van der Waals surface area (Å²) < 4.78 is 5.03. The predicted molar refractivity (Wildman–Crippen MR) is 99.6 cm³/mol. The van der Waals surface area contributed by atoms with Crippen molar-refractivity contribution in [1.82, 2.24) is 9.88 Å². The van der Waals surface area contributed by atoms with E-state index in [2.05, 4.69) is 17.9 Å². The van der Waals surface area contributed by atoms with Gasteiger partial charge in [-0.15, -0.1) is 0 Å². The zero-order valence-corrected chi connectivity index (χ0v) is 14.9. The van der Waals surface area contributed by atoms with Crippen molar-refractivity contribution < 1.29 is 9.53 Å². The second-order valence-electron chi connectivity index (χ2n) is 6.94. The Morgan fingerprint density at radius 2 is 1.92 bits per heavy atom. The number of carbonyl (C=O) groups excluding carboxylic acids is 1. The van der Waals surface area contributed by atoms with Gasteiger partial charge < -0.3 is 9.64 Å². The number of amides is 1. The van der Waals surface area contributed by atoms with Crippen LogP contribution in [0, 0.1) is 11.8 Å². The number of methoxy groups -OCH3 is 1. The molecular formula is C22H22N2O2. The van der Waals surface area contributed by atoms with Crippen LogP contribution in [0.15, 0.2) is 42.6 Å². The first kappa shape index (κ1) is 16.7. The molecule has 4 rings (SSSR count). The second-order valence-corrected chi connectivity index (χ2v) is 6.94. The number of hydrogen-bond donors (Lipinski definition) is 0. The van der Waals surface area contributed by atoms with Crippen molar-refractivity contribution in [3.8, 4) is 11.8 Å². The molecule has 4 nitrogen and oxygen atoms in total. The molecule has 132 valence electrons. The van der Waals surface area contributed by atoms with Crippen LogP contribution in [0.3, 0.4) is 0 Å². The van der Waals surface area contributed by atoms with Crippen LogP contribution in [0.4, 0.5) is 4.79 Å². The lowest BCUT2D eigenvalue weighted by atomic mass is 9.77. The van der Waals surface area contributed by atoms with E-state index in [1.54, 1.807) is 0 Å². The lowest BCUT2D eigenvalue weighted by molar-refractivity contribution is 0.0740. The van der Waals surface area contributed by atoms with Crippen LogP contribution < -0.4 is 0 Å². The van der Waals surface area contributed by atoms with Crippen molar-refractivity contribution in [2.45, 2.75) is 44.2 Å². The molecule has 1 aromatic carbocycles. The smallest absolute Gasteiger partial charge is 0.410 e. The Bertz CT molecular complexity index is 867. The molecule has 0 radical (unpaired) electrons. The number of aromatic nitrogens is 1. The number of fused-ring (bicyclic) bond motifs is 3. The van der Waals surface area contributed by atoms with Gasteiger partial charge in [0.25, 0.3) is 0 Å². The average molecular weight is 346 g/mol. The quantitative estimate of drug-likeness (QED) is 0.675. The van der Waals surface area contributed by atoms with Gasteiger partial charge in [0, 0.05) is 29.3 Å². The van der Waals surface area contributed by atoms with Gasteiger partial charge in [-0.1, -0.05) is 42.9 Å². The Hall–Kier alpha value is -2.80. The summed E-state index contributed by atoms with van der Waals surface area (Å²) in [6.07, 6.45) is 6.07. The van der Waals surface area contributed by atoms with Crippen molar-refractivity contribution in [2.75, 3.05) is 7.11 Å². The first-order valence-corrected chi connectivity index (χ1v) is 9.17. The molecule has 0 unspecified atom stereocenters. The number of hydrogen-bond acceptors (Lipinski definition) is 3. The standard InChI is InChI=1S/C22H22N2O2/c1-26-22(25)24-15-18-13-17(12-11-16-7-3-2-4-8-16)14-23-21(18)19-9-5-6-10-20(19)24/h2-4,7-8,13-14,19-20H,5-6,9-10,15H2,1H3/t19-,20+/m0/s1. The van der Waals surface area contributed by atoms with Crippen LogP contribution in [0.1, 0.15) is 54.0 Å². The topological polar surface area (TPSA) is 42.4 Å². The molecule has 0 spiro atoms. The van der Waals surface area contributed by atoms with Gasteiger partial charge in [-0.05, 0) is 36.6 Å². The Balaban J connectivity index is 1.67. The Kier molecular flexibility index (Phi) is 4.62. The molecule has 4 heteroatoms. The molecule has 1 amide bonds. The van der Waals surface area contributed by atoms with Crippen molar-refractivity contribution >= 4 is 6.09 Å². The van der Waals surface area contributed by atoms with Crippen LogP contribution in [0.25, 0.3) is 0 Å². The third kappa shape index (κ3) is 3.17. The Morgan fingerprint density at radius 3 is 2.73 bits per heavy atom. The minimum absolute atomic E-state index is 0.206. The van der Waals surface area contributed by atoms with E-state index in [0.717, 1.165) is 41.6 Å². The molecule has 0 saturated heterocycles. The molecular weight excluding hydrogens is 324 g/mol. The first-order valence-electron chi connectivity index (χ1n) is 9.17. The normalized spacial score (nSPS) is 21.0. The molecule has 2 aromatic rings. The van der Waals surface area contributed by atoms with E-state index in [9.17, 15) is 4.79 Å². The van der Waals surface area contributed by atoms with Crippen molar-refractivity contribution in [3.05, 3.63) is 65.0 Å². The third-order valence-electron chi connectivity index (χ3n) is 5.36. The summed E-state index contributed by atoms with van der Waals surface area (Å²) in [5, 5.41) is 0. The summed E-state index contributed by atoms with van der Waals surface area (Å²) >= 11 is 0. The van der Waals surface area contributed by atoms with E-state index in [4.69, 9.17) is 9.72 Å². The lowest BCUT2D eigenvalue weighted by Crippen LogP contribution is -2.48. The highest BCUT2D eigenvalue weighted by molar-refractivity contribution is 5.69. The molecule has 1 aliphatic heterocycles. The molecule has 2 heterocycles.